The van der Waals surface area contributed by atoms with E-state index in [1.165, 1.54) is 11.8 Å². The molecular weight excluding hydrogens is 212 g/mol. The molecule has 0 aliphatic rings. The van der Waals surface area contributed by atoms with Crippen molar-refractivity contribution >= 4 is 17.4 Å². The molecule has 0 bridgehead atoms. The Morgan fingerprint density at radius 3 is 3.00 bits per heavy atom. The van der Waals surface area contributed by atoms with Crippen molar-refractivity contribution in [2.45, 2.75) is 18.1 Å². The van der Waals surface area contributed by atoms with Crippen molar-refractivity contribution in [2.75, 3.05) is 24.7 Å². The summed E-state index contributed by atoms with van der Waals surface area (Å²) in [5.41, 5.74) is 6.15. The molecule has 4 nitrogen and oxygen atoms in total. The van der Waals surface area contributed by atoms with E-state index >= 15 is 0 Å². The zero-order valence-corrected chi connectivity index (χ0v) is 9.54. The average molecular weight is 228 g/mol. The van der Waals surface area contributed by atoms with Gasteiger partial charge in [0.05, 0.1) is 29.6 Å². The highest BCUT2D eigenvalue weighted by Crippen LogP contribution is 2.16. The summed E-state index contributed by atoms with van der Waals surface area (Å²) >= 11 is 1.49. The first-order valence-corrected chi connectivity index (χ1v) is 5.81. The number of nitrogen functional groups attached to an aromatic ring is 1. The second kappa shape index (κ2) is 6.66. The topological polar surface area (TPSA) is 68.4 Å². The molecule has 0 aromatic carbocycles. The van der Waals surface area contributed by atoms with E-state index in [2.05, 4.69) is 4.98 Å². The van der Waals surface area contributed by atoms with Crippen LogP contribution in [0.3, 0.4) is 0 Å². The van der Waals surface area contributed by atoms with Crippen molar-refractivity contribution in [1.82, 2.24) is 4.98 Å². The van der Waals surface area contributed by atoms with Gasteiger partial charge in [0, 0.05) is 12.4 Å². The van der Waals surface area contributed by atoms with Crippen LogP contribution in [0.15, 0.2) is 23.4 Å². The minimum atomic E-state index is -0.450. The van der Waals surface area contributed by atoms with Crippen molar-refractivity contribution in [2.24, 2.45) is 0 Å². The molecule has 1 aromatic rings. The van der Waals surface area contributed by atoms with Crippen LogP contribution in [0.4, 0.5) is 5.69 Å². The summed E-state index contributed by atoms with van der Waals surface area (Å²) in [4.78, 5) is 4.12. The van der Waals surface area contributed by atoms with Gasteiger partial charge in [0.25, 0.3) is 0 Å². The number of aliphatic hydroxyl groups excluding tert-OH is 1. The van der Waals surface area contributed by atoms with E-state index in [1.807, 2.05) is 13.0 Å². The van der Waals surface area contributed by atoms with E-state index in [9.17, 15) is 5.11 Å². The molecular formula is C10H16N2O2S. The Labute approximate surface area is 93.8 Å². The van der Waals surface area contributed by atoms with Crippen molar-refractivity contribution < 1.29 is 9.84 Å². The van der Waals surface area contributed by atoms with Gasteiger partial charge in [-0.25, -0.2) is 4.98 Å². The maximum atomic E-state index is 9.50. The molecule has 1 heterocycles. The molecule has 1 atom stereocenters. The summed E-state index contributed by atoms with van der Waals surface area (Å²) < 4.78 is 5.10. The summed E-state index contributed by atoms with van der Waals surface area (Å²) in [6, 6.07) is 3.64. The predicted octanol–water partition coefficient (Wildman–Crippen LogP) is 1.15. The molecule has 0 radical (unpaired) electrons. The van der Waals surface area contributed by atoms with Gasteiger partial charge in [0.1, 0.15) is 0 Å². The zero-order valence-electron chi connectivity index (χ0n) is 8.72. The number of hydrogen-bond donors (Lipinski definition) is 2. The summed E-state index contributed by atoms with van der Waals surface area (Å²) in [6.07, 6.45) is 1.16. The first-order chi connectivity index (χ1) is 7.22. The van der Waals surface area contributed by atoms with Gasteiger partial charge in [0.15, 0.2) is 0 Å². The number of ether oxygens (including phenoxy) is 1. The largest absolute Gasteiger partial charge is 0.397 e. The molecule has 1 rings (SSSR count). The van der Waals surface area contributed by atoms with Crippen molar-refractivity contribution in [1.29, 1.82) is 0 Å². The molecule has 84 valence electrons. The first kappa shape index (κ1) is 12.3. The molecule has 0 amide bonds. The number of thioether (sulfide) groups is 1. The Bertz CT molecular complexity index is 279. The van der Waals surface area contributed by atoms with Gasteiger partial charge in [0.2, 0.25) is 0 Å². The molecule has 1 unspecified atom stereocenters. The minimum absolute atomic E-state index is 0.373. The number of anilines is 1. The Morgan fingerprint density at radius 2 is 2.40 bits per heavy atom. The molecule has 0 saturated heterocycles. The number of rotatable bonds is 6. The van der Waals surface area contributed by atoms with E-state index in [1.54, 1.807) is 12.3 Å². The number of nitrogens with zero attached hydrogens (tertiary/aromatic N) is 1. The molecule has 0 aliphatic carbocycles. The molecule has 0 fully saturated rings. The third-order valence-corrected chi connectivity index (χ3v) is 2.79. The highest BCUT2D eigenvalue weighted by molar-refractivity contribution is 7.99. The lowest BCUT2D eigenvalue weighted by molar-refractivity contribution is 0.0551. The number of aliphatic hydroxyl groups is 1. The molecule has 0 aliphatic heterocycles. The van der Waals surface area contributed by atoms with Crippen LogP contribution in [0.25, 0.3) is 0 Å². The Morgan fingerprint density at radius 1 is 1.60 bits per heavy atom. The molecule has 5 heteroatoms. The molecule has 0 spiro atoms. The van der Waals surface area contributed by atoms with Crippen molar-refractivity contribution in [3.8, 4) is 0 Å². The van der Waals surface area contributed by atoms with Gasteiger partial charge in [-0.15, -0.1) is 11.8 Å². The van der Waals surface area contributed by atoms with E-state index in [0.717, 1.165) is 5.03 Å². The van der Waals surface area contributed by atoms with Crippen LogP contribution in [0.2, 0.25) is 0 Å². The summed E-state index contributed by atoms with van der Waals surface area (Å²) in [6.45, 7) is 2.90. The third kappa shape index (κ3) is 5.01. The maximum Gasteiger partial charge on any atom is 0.0962 e. The van der Waals surface area contributed by atoms with Crippen LogP contribution in [0.1, 0.15) is 6.92 Å². The molecule has 1 aromatic heterocycles. The van der Waals surface area contributed by atoms with Gasteiger partial charge in [-0.2, -0.15) is 0 Å². The summed E-state index contributed by atoms with van der Waals surface area (Å²) in [5.74, 6) is 0.580. The molecule has 3 N–H and O–H groups in total. The van der Waals surface area contributed by atoms with Crippen LogP contribution >= 0.6 is 11.8 Å². The molecule has 0 saturated carbocycles. The second-order valence-corrected chi connectivity index (χ2v) is 4.09. The number of pyridine rings is 1. The van der Waals surface area contributed by atoms with E-state index in [4.69, 9.17) is 10.5 Å². The van der Waals surface area contributed by atoms with Crippen molar-refractivity contribution in [3.05, 3.63) is 18.3 Å². The highest BCUT2D eigenvalue weighted by atomic mass is 32.2. The SMILES string of the molecule is CCOCC(O)CSc1ccc(N)cn1. The summed E-state index contributed by atoms with van der Waals surface area (Å²) in [5, 5.41) is 10.4. The smallest absolute Gasteiger partial charge is 0.0962 e. The van der Waals surface area contributed by atoms with E-state index in [0.29, 0.717) is 24.7 Å². The van der Waals surface area contributed by atoms with Gasteiger partial charge >= 0.3 is 0 Å². The van der Waals surface area contributed by atoms with Crippen molar-refractivity contribution in [3.63, 3.8) is 0 Å². The first-order valence-electron chi connectivity index (χ1n) is 4.82. The number of aromatic nitrogens is 1. The fourth-order valence-corrected chi connectivity index (χ4v) is 1.71. The van der Waals surface area contributed by atoms with Crippen LogP contribution < -0.4 is 5.73 Å². The van der Waals surface area contributed by atoms with Gasteiger partial charge < -0.3 is 15.6 Å². The maximum absolute atomic E-state index is 9.50. The summed E-state index contributed by atoms with van der Waals surface area (Å²) in [7, 11) is 0. The second-order valence-electron chi connectivity index (χ2n) is 3.05. The predicted molar refractivity (Wildman–Crippen MR) is 61.9 cm³/mol. The normalized spacial score (nSPS) is 12.7. The fraction of sp³-hybridized carbons (Fsp3) is 0.500. The number of hydrogen-bond acceptors (Lipinski definition) is 5. The monoisotopic (exact) mass is 228 g/mol. The zero-order chi connectivity index (χ0) is 11.1. The highest BCUT2D eigenvalue weighted by Gasteiger charge is 2.05. The molecule has 15 heavy (non-hydrogen) atoms. The quantitative estimate of drug-likeness (QED) is 0.715. The fourth-order valence-electron chi connectivity index (χ4n) is 0.961. The van der Waals surface area contributed by atoms with Crippen LogP contribution in [-0.2, 0) is 4.74 Å². The number of nitrogens with two attached hydrogens (primary N) is 1. The van der Waals surface area contributed by atoms with Crippen LogP contribution in [0, 0.1) is 0 Å². The standard InChI is InChI=1S/C10H16N2O2S/c1-2-14-6-9(13)7-15-10-4-3-8(11)5-12-10/h3-5,9,13H,2,6-7,11H2,1H3. The lowest BCUT2D eigenvalue weighted by atomic mass is 10.4. The Kier molecular flexibility index (Phi) is 5.45. The Balaban J connectivity index is 2.27. The van der Waals surface area contributed by atoms with Crippen LogP contribution in [-0.4, -0.2) is 35.2 Å². The minimum Gasteiger partial charge on any atom is -0.397 e. The van der Waals surface area contributed by atoms with Gasteiger partial charge in [-0.05, 0) is 19.1 Å². The lowest BCUT2D eigenvalue weighted by Gasteiger charge is -2.09. The van der Waals surface area contributed by atoms with E-state index < -0.39 is 6.10 Å². The van der Waals surface area contributed by atoms with Gasteiger partial charge in [-0.3, -0.25) is 0 Å². The van der Waals surface area contributed by atoms with Gasteiger partial charge in [-0.1, -0.05) is 0 Å². The average Bonchev–Trinajstić information content (AvgIpc) is 2.25. The third-order valence-electron chi connectivity index (χ3n) is 1.70. The van der Waals surface area contributed by atoms with Crippen LogP contribution in [0.5, 0.6) is 0 Å². The lowest BCUT2D eigenvalue weighted by Crippen LogP contribution is -2.17. The Hall–Kier alpha value is -0.780. The van der Waals surface area contributed by atoms with E-state index in [-0.39, 0.29) is 0 Å².